The van der Waals surface area contributed by atoms with Crippen molar-refractivity contribution in [3.63, 3.8) is 0 Å². The van der Waals surface area contributed by atoms with Crippen molar-refractivity contribution in [3.05, 3.63) is 63.1 Å². The molecule has 0 aliphatic heterocycles. The zero-order valence-corrected chi connectivity index (χ0v) is 20.9. The quantitative estimate of drug-likeness (QED) is 0.542. The zero-order valence-electron chi connectivity index (χ0n) is 17.8. The Balaban J connectivity index is 2.46. The van der Waals surface area contributed by atoms with Gasteiger partial charge < -0.3 is 10.2 Å². The molecule has 0 bridgehead atoms. The van der Waals surface area contributed by atoms with E-state index in [9.17, 15) is 18.0 Å². The van der Waals surface area contributed by atoms with Crippen molar-refractivity contribution >= 4 is 62.3 Å². The number of carbonyl (C=O) groups excluding carboxylic acids is 2. The van der Waals surface area contributed by atoms with Crippen LogP contribution in [0.5, 0.6) is 0 Å². The lowest BCUT2D eigenvalue weighted by atomic mass is 10.1. The fourth-order valence-electron chi connectivity index (χ4n) is 3.15. The smallest absolute Gasteiger partial charge is 0.244 e. The second kappa shape index (κ2) is 11.2. The minimum absolute atomic E-state index is 0.00925. The minimum Gasteiger partial charge on any atom is -0.357 e. The maximum absolute atomic E-state index is 13.4. The molecular formula is C21H24Cl3N3O4S. The molecular weight excluding hydrogens is 497 g/mol. The third kappa shape index (κ3) is 6.51. The predicted molar refractivity (Wildman–Crippen MR) is 129 cm³/mol. The lowest BCUT2D eigenvalue weighted by Crippen LogP contribution is -2.51. The molecule has 2 amide bonds. The molecule has 0 aromatic heterocycles. The summed E-state index contributed by atoms with van der Waals surface area (Å²) >= 11 is 18.2. The number of benzene rings is 2. The summed E-state index contributed by atoms with van der Waals surface area (Å²) in [6.45, 7) is 1.30. The van der Waals surface area contributed by atoms with E-state index in [2.05, 4.69) is 5.32 Å². The molecule has 0 saturated carbocycles. The SMILES string of the molecule is CC[C@@H](C(=O)NC)N(Cc1ccc(Cl)cc1)C(=O)CN(c1cccc(Cl)c1Cl)S(C)(=O)=O. The van der Waals surface area contributed by atoms with E-state index in [1.54, 1.807) is 31.2 Å². The monoisotopic (exact) mass is 519 g/mol. The van der Waals surface area contributed by atoms with Gasteiger partial charge in [0.15, 0.2) is 0 Å². The minimum atomic E-state index is -3.90. The number of likely N-dealkylation sites (N-methyl/N-ethyl adjacent to an activating group) is 1. The summed E-state index contributed by atoms with van der Waals surface area (Å²) in [5.74, 6) is -0.932. The van der Waals surface area contributed by atoms with Crippen LogP contribution in [0.3, 0.4) is 0 Å². The Morgan fingerprint density at radius 3 is 2.22 bits per heavy atom. The van der Waals surface area contributed by atoms with Gasteiger partial charge >= 0.3 is 0 Å². The fourth-order valence-corrected chi connectivity index (χ4v) is 4.58. The van der Waals surface area contributed by atoms with Gasteiger partial charge in [-0.05, 0) is 36.2 Å². The maximum atomic E-state index is 13.4. The standard InChI is InChI=1S/C21H24Cl3N3O4S/c1-4-17(21(29)25-2)26(12-14-8-10-15(22)11-9-14)19(28)13-27(32(3,30)31)18-7-5-6-16(23)20(18)24/h5-11,17H,4,12-13H2,1-3H3,(H,25,29)/t17-/m0/s1. The van der Waals surface area contributed by atoms with Crippen molar-refractivity contribution in [1.82, 2.24) is 10.2 Å². The first kappa shape index (κ1) is 26.3. The number of rotatable bonds is 9. The van der Waals surface area contributed by atoms with Crippen molar-refractivity contribution in [2.45, 2.75) is 25.9 Å². The van der Waals surface area contributed by atoms with Crippen LogP contribution in [0, 0.1) is 0 Å². The summed E-state index contributed by atoms with van der Waals surface area (Å²) in [5.41, 5.74) is 0.811. The summed E-state index contributed by atoms with van der Waals surface area (Å²) in [5, 5.41) is 3.25. The second-order valence-corrected chi connectivity index (χ2v) is 10.2. The van der Waals surface area contributed by atoms with Crippen LogP contribution in [0.15, 0.2) is 42.5 Å². The fraction of sp³-hybridized carbons (Fsp3) is 0.333. The molecule has 0 unspecified atom stereocenters. The average molecular weight is 521 g/mol. The van der Waals surface area contributed by atoms with Crippen LogP contribution in [-0.4, -0.2) is 51.0 Å². The summed E-state index contributed by atoms with van der Waals surface area (Å²) in [6.07, 6.45) is 1.30. The number of sulfonamides is 1. The van der Waals surface area contributed by atoms with E-state index in [0.29, 0.717) is 11.4 Å². The highest BCUT2D eigenvalue weighted by Crippen LogP contribution is 2.33. The number of hydrogen-bond acceptors (Lipinski definition) is 4. The highest BCUT2D eigenvalue weighted by atomic mass is 35.5. The van der Waals surface area contributed by atoms with E-state index in [4.69, 9.17) is 34.8 Å². The van der Waals surface area contributed by atoms with Crippen LogP contribution in [-0.2, 0) is 26.2 Å². The van der Waals surface area contributed by atoms with Gasteiger partial charge in [-0.3, -0.25) is 13.9 Å². The van der Waals surface area contributed by atoms with E-state index in [0.717, 1.165) is 16.1 Å². The van der Waals surface area contributed by atoms with E-state index in [-0.39, 0.29) is 28.2 Å². The third-order valence-corrected chi connectivity index (χ3v) is 6.96. The topological polar surface area (TPSA) is 86.8 Å². The van der Waals surface area contributed by atoms with E-state index >= 15 is 0 Å². The molecule has 0 spiro atoms. The molecule has 0 fully saturated rings. The Kier molecular flexibility index (Phi) is 9.21. The average Bonchev–Trinajstić information content (AvgIpc) is 2.74. The molecule has 32 heavy (non-hydrogen) atoms. The summed E-state index contributed by atoms with van der Waals surface area (Å²) < 4.78 is 26.0. The molecule has 0 heterocycles. The number of hydrogen-bond donors (Lipinski definition) is 1. The molecule has 174 valence electrons. The molecule has 0 radical (unpaired) electrons. The summed E-state index contributed by atoms with van der Waals surface area (Å²) in [6, 6.07) is 10.5. The molecule has 11 heteroatoms. The normalized spacial score (nSPS) is 12.2. The van der Waals surface area contributed by atoms with E-state index in [1.807, 2.05) is 0 Å². The Labute approximate surface area is 203 Å². The number of nitrogens with zero attached hydrogens (tertiary/aromatic N) is 2. The summed E-state index contributed by atoms with van der Waals surface area (Å²) in [7, 11) is -2.42. The Morgan fingerprint density at radius 2 is 1.69 bits per heavy atom. The number of carbonyl (C=O) groups is 2. The Hall–Kier alpha value is -2.00. The lowest BCUT2D eigenvalue weighted by Gasteiger charge is -2.32. The number of anilines is 1. The van der Waals surface area contributed by atoms with Gasteiger partial charge in [-0.15, -0.1) is 0 Å². The molecule has 1 N–H and O–H groups in total. The Bertz CT molecular complexity index is 1080. The molecule has 2 rings (SSSR count). The molecule has 1 atom stereocenters. The highest BCUT2D eigenvalue weighted by Gasteiger charge is 2.32. The van der Waals surface area contributed by atoms with Gasteiger partial charge in [-0.2, -0.15) is 0 Å². The van der Waals surface area contributed by atoms with Gasteiger partial charge in [0.05, 0.1) is 22.0 Å². The van der Waals surface area contributed by atoms with Crippen LogP contribution in [0.25, 0.3) is 0 Å². The Morgan fingerprint density at radius 1 is 1.06 bits per heavy atom. The highest BCUT2D eigenvalue weighted by molar-refractivity contribution is 7.92. The van der Waals surface area contributed by atoms with Gasteiger partial charge in [0.2, 0.25) is 21.8 Å². The molecule has 0 saturated heterocycles. The van der Waals surface area contributed by atoms with Crippen molar-refractivity contribution in [2.24, 2.45) is 0 Å². The van der Waals surface area contributed by atoms with Crippen LogP contribution in [0.1, 0.15) is 18.9 Å². The van der Waals surface area contributed by atoms with Crippen molar-refractivity contribution in [2.75, 3.05) is 24.2 Å². The third-order valence-electron chi connectivity index (χ3n) is 4.78. The molecule has 7 nitrogen and oxygen atoms in total. The van der Waals surface area contributed by atoms with Gasteiger partial charge in [0.25, 0.3) is 0 Å². The number of amides is 2. The zero-order chi connectivity index (χ0) is 24.1. The molecule has 2 aromatic carbocycles. The number of nitrogens with one attached hydrogen (secondary N) is 1. The first-order valence-corrected chi connectivity index (χ1v) is 12.6. The van der Waals surface area contributed by atoms with Gasteiger partial charge in [-0.1, -0.05) is 59.9 Å². The van der Waals surface area contributed by atoms with Gasteiger partial charge in [0.1, 0.15) is 12.6 Å². The van der Waals surface area contributed by atoms with Crippen molar-refractivity contribution in [3.8, 4) is 0 Å². The van der Waals surface area contributed by atoms with Gasteiger partial charge in [-0.25, -0.2) is 8.42 Å². The maximum Gasteiger partial charge on any atom is 0.244 e. The van der Waals surface area contributed by atoms with Crippen LogP contribution in [0.2, 0.25) is 15.1 Å². The second-order valence-electron chi connectivity index (χ2n) is 7.03. The largest absolute Gasteiger partial charge is 0.357 e. The van der Waals surface area contributed by atoms with E-state index in [1.165, 1.54) is 30.1 Å². The van der Waals surface area contributed by atoms with Crippen LogP contribution in [0.4, 0.5) is 5.69 Å². The molecule has 0 aliphatic carbocycles. The van der Waals surface area contributed by atoms with Crippen molar-refractivity contribution < 1.29 is 18.0 Å². The lowest BCUT2D eigenvalue weighted by molar-refractivity contribution is -0.140. The van der Waals surface area contributed by atoms with Crippen molar-refractivity contribution in [1.29, 1.82) is 0 Å². The van der Waals surface area contributed by atoms with Gasteiger partial charge in [0, 0.05) is 18.6 Å². The number of halogens is 3. The van der Waals surface area contributed by atoms with Crippen LogP contribution < -0.4 is 9.62 Å². The predicted octanol–water partition coefficient (Wildman–Crippen LogP) is 3.97. The van der Waals surface area contributed by atoms with Crippen LogP contribution >= 0.6 is 34.8 Å². The molecule has 2 aromatic rings. The first-order chi connectivity index (χ1) is 15.0. The first-order valence-electron chi connectivity index (χ1n) is 9.66. The molecule has 0 aliphatic rings. The van der Waals surface area contributed by atoms with E-state index < -0.39 is 28.5 Å². The summed E-state index contributed by atoms with van der Waals surface area (Å²) in [4.78, 5) is 27.2.